The van der Waals surface area contributed by atoms with E-state index in [-0.39, 0.29) is 24.0 Å². The summed E-state index contributed by atoms with van der Waals surface area (Å²) in [6.45, 7) is 12.2. The molecule has 0 aliphatic carbocycles. The molecule has 0 bridgehead atoms. The van der Waals surface area contributed by atoms with E-state index in [0.717, 1.165) is 58.4 Å². The van der Waals surface area contributed by atoms with Crippen LogP contribution in [-0.4, -0.2) is 80.8 Å². The predicted octanol–water partition coefficient (Wildman–Crippen LogP) is 2.94. The number of morpholine rings is 1. The van der Waals surface area contributed by atoms with E-state index in [1.165, 1.54) is 44.3 Å². The van der Waals surface area contributed by atoms with Crippen LogP contribution in [0.3, 0.4) is 0 Å². The van der Waals surface area contributed by atoms with Crippen molar-refractivity contribution in [3.63, 3.8) is 0 Å². The lowest BCUT2D eigenvalue weighted by molar-refractivity contribution is 0.0372. The lowest BCUT2D eigenvalue weighted by Crippen LogP contribution is -2.40. The molecule has 170 valence electrons. The minimum absolute atomic E-state index is 0. The molecule has 1 aromatic rings. The minimum atomic E-state index is 0. The van der Waals surface area contributed by atoms with E-state index in [2.05, 4.69) is 57.7 Å². The molecule has 2 aliphatic rings. The molecule has 2 N–H and O–H groups in total. The zero-order valence-electron chi connectivity index (χ0n) is 18.5. The molecule has 2 heterocycles. The molecular weight excluding hydrogens is 489 g/mol. The van der Waals surface area contributed by atoms with Gasteiger partial charge < -0.3 is 15.4 Å². The Morgan fingerprint density at radius 1 is 1.10 bits per heavy atom. The number of guanidine groups is 1. The number of rotatable bonds is 10. The highest BCUT2D eigenvalue weighted by Gasteiger charge is 2.24. The van der Waals surface area contributed by atoms with Crippen molar-refractivity contribution in [2.45, 2.75) is 45.2 Å². The molecule has 0 radical (unpaired) electrons. The number of hydrogen-bond acceptors (Lipinski definition) is 4. The Morgan fingerprint density at radius 2 is 1.90 bits per heavy atom. The smallest absolute Gasteiger partial charge is 0.191 e. The summed E-state index contributed by atoms with van der Waals surface area (Å²) in [7, 11) is 0. The fourth-order valence-electron chi connectivity index (χ4n) is 4.16. The van der Waals surface area contributed by atoms with E-state index in [4.69, 9.17) is 9.73 Å². The molecule has 1 aromatic carbocycles. The highest BCUT2D eigenvalue weighted by molar-refractivity contribution is 14.0. The Morgan fingerprint density at radius 3 is 2.67 bits per heavy atom. The highest BCUT2D eigenvalue weighted by Crippen LogP contribution is 2.20. The molecule has 0 amide bonds. The predicted molar refractivity (Wildman–Crippen MR) is 136 cm³/mol. The second-order valence-electron chi connectivity index (χ2n) is 8.06. The van der Waals surface area contributed by atoms with Gasteiger partial charge in [-0.25, -0.2) is 0 Å². The lowest BCUT2D eigenvalue weighted by Gasteiger charge is -2.26. The topological polar surface area (TPSA) is 52.1 Å². The van der Waals surface area contributed by atoms with Crippen LogP contribution in [0.25, 0.3) is 0 Å². The number of halogens is 1. The molecule has 2 fully saturated rings. The standard InChI is InChI=1S/C23H39N5O.HI/c1-2-24-23(25-12-6-7-13-27-15-17-29-18-16-27)26-19-22-11-8-14-28(22)20-21-9-4-3-5-10-21;/h3-5,9-10,22H,2,6-8,11-20H2,1H3,(H2,24,25,26);1H. The molecule has 0 spiro atoms. The van der Waals surface area contributed by atoms with Gasteiger partial charge in [-0.15, -0.1) is 24.0 Å². The molecule has 2 aliphatic heterocycles. The van der Waals surface area contributed by atoms with Crippen LogP contribution in [0.5, 0.6) is 0 Å². The second-order valence-corrected chi connectivity index (χ2v) is 8.06. The first-order valence-corrected chi connectivity index (χ1v) is 11.5. The molecule has 1 atom stereocenters. The Balaban J connectivity index is 0.00000320. The maximum absolute atomic E-state index is 5.41. The molecule has 0 aromatic heterocycles. The summed E-state index contributed by atoms with van der Waals surface area (Å²) in [6.07, 6.45) is 4.92. The summed E-state index contributed by atoms with van der Waals surface area (Å²) in [6, 6.07) is 11.3. The van der Waals surface area contributed by atoms with Crippen molar-refractivity contribution in [2.24, 2.45) is 4.99 Å². The van der Waals surface area contributed by atoms with Gasteiger partial charge in [-0.3, -0.25) is 14.8 Å². The number of nitrogens with one attached hydrogen (secondary N) is 2. The van der Waals surface area contributed by atoms with E-state index in [0.29, 0.717) is 6.04 Å². The quantitative estimate of drug-likeness (QED) is 0.211. The van der Waals surface area contributed by atoms with Crippen molar-refractivity contribution in [2.75, 3.05) is 59.0 Å². The number of benzene rings is 1. The van der Waals surface area contributed by atoms with Crippen LogP contribution in [-0.2, 0) is 11.3 Å². The maximum atomic E-state index is 5.41. The van der Waals surface area contributed by atoms with Gasteiger partial charge in [0.05, 0.1) is 19.8 Å². The average molecular weight is 530 g/mol. The zero-order valence-corrected chi connectivity index (χ0v) is 20.9. The first-order chi connectivity index (χ1) is 14.3. The Kier molecular flexibility index (Phi) is 12.7. The van der Waals surface area contributed by atoms with Crippen LogP contribution in [0.15, 0.2) is 35.3 Å². The summed E-state index contributed by atoms with van der Waals surface area (Å²) >= 11 is 0. The number of unbranched alkanes of at least 4 members (excludes halogenated alkanes) is 1. The first-order valence-electron chi connectivity index (χ1n) is 11.5. The van der Waals surface area contributed by atoms with E-state index in [1.54, 1.807) is 0 Å². The second kappa shape index (κ2) is 15.0. The van der Waals surface area contributed by atoms with Gasteiger partial charge in [-0.05, 0) is 51.3 Å². The Labute approximate surface area is 199 Å². The fraction of sp³-hybridized carbons (Fsp3) is 0.696. The zero-order chi connectivity index (χ0) is 20.2. The van der Waals surface area contributed by atoms with Gasteiger partial charge in [-0.2, -0.15) is 0 Å². The fourth-order valence-corrected chi connectivity index (χ4v) is 4.16. The first kappa shape index (κ1) is 25.4. The van der Waals surface area contributed by atoms with Crippen molar-refractivity contribution >= 4 is 29.9 Å². The third-order valence-electron chi connectivity index (χ3n) is 5.83. The number of likely N-dealkylation sites (tertiary alicyclic amines) is 1. The van der Waals surface area contributed by atoms with Gasteiger partial charge in [0, 0.05) is 38.8 Å². The number of aliphatic imine (C=N–C) groups is 1. The SMILES string of the molecule is CCNC(=NCC1CCCN1Cc1ccccc1)NCCCCN1CCOCC1.I. The van der Waals surface area contributed by atoms with Gasteiger partial charge in [0.25, 0.3) is 0 Å². The summed E-state index contributed by atoms with van der Waals surface area (Å²) in [5.41, 5.74) is 1.40. The van der Waals surface area contributed by atoms with E-state index in [9.17, 15) is 0 Å². The Bertz CT molecular complexity index is 595. The van der Waals surface area contributed by atoms with Crippen LogP contribution in [0, 0.1) is 0 Å². The van der Waals surface area contributed by atoms with E-state index >= 15 is 0 Å². The van der Waals surface area contributed by atoms with Gasteiger partial charge in [0.15, 0.2) is 5.96 Å². The van der Waals surface area contributed by atoms with E-state index < -0.39 is 0 Å². The molecule has 3 rings (SSSR count). The molecule has 0 saturated carbocycles. The molecule has 2 saturated heterocycles. The van der Waals surface area contributed by atoms with Crippen molar-refractivity contribution in [3.8, 4) is 0 Å². The summed E-state index contributed by atoms with van der Waals surface area (Å²) in [5, 5.41) is 6.93. The summed E-state index contributed by atoms with van der Waals surface area (Å²) < 4.78 is 5.41. The Hall–Kier alpha value is -0.900. The highest BCUT2D eigenvalue weighted by atomic mass is 127. The average Bonchev–Trinajstić information content (AvgIpc) is 3.20. The van der Waals surface area contributed by atoms with Crippen LogP contribution in [0.1, 0.15) is 38.2 Å². The number of ether oxygens (including phenoxy) is 1. The van der Waals surface area contributed by atoms with Gasteiger partial charge in [0.1, 0.15) is 0 Å². The number of hydrogen-bond donors (Lipinski definition) is 2. The molecular formula is C23H40IN5O. The van der Waals surface area contributed by atoms with E-state index in [1.807, 2.05) is 0 Å². The normalized spacial score (nSPS) is 20.7. The van der Waals surface area contributed by atoms with Crippen LogP contribution in [0.2, 0.25) is 0 Å². The third kappa shape index (κ3) is 9.08. The number of nitrogens with zero attached hydrogens (tertiary/aromatic N) is 3. The lowest BCUT2D eigenvalue weighted by atomic mass is 10.2. The molecule has 6 nitrogen and oxygen atoms in total. The summed E-state index contributed by atoms with van der Waals surface area (Å²) in [5.74, 6) is 0.963. The largest absolute Gasteiger partial charge is 0.379 e. The van der Waals surface area contributed by atoms with Crippen LogP contribution in [0.4, 0.5) is 0 Å². The van der Waals surface area contributed by atoms with Gasteiger partial charge in [0.2, 0.25) is 0 Å². The van der Waals surface area contributed by atoms with Crippen molar-refractivity contribution < 1.29 is 4.74 Å². The van der Waals surface area contributed by atoms with Gasteiger partial charge in [-0.1, -0.05) is 30.3 Å². The van der Waals surface area contributed by atoms with Crippen molar-refractivity contribution in [1.29, 1.82) is 0 Å². The monoisotopic (exact) mass is 529 g/mol. The van der Waals surface area contributed by atoms with Crippen LogP contribution < -0.4 is 10.6 Å². The maximum Gasteiger partial charge on any atom is 0.191 e. The van der Waals surface area contributed by atoms with Crippen LogP contribution >= 0.6 is 24.0 Å². The van der Waals surface area contributed by atoms with Crippen molar-refractivity contribution in [1.82, 2.24) is 20.4 Å². The molecule has 30 heavy (non-hydrogen) atoms. The molecule has 7 heteroatoms. The minimum Gasteiger partial charge on any atom is -0.379 e. The van der Waals surface area contributed by atoms with Gasteiger partial charge >= 0.3 is 0 Å². The van der Waals surface area contributed by atoms with Crippen molar-refractivity contribution in [3.05, 3.63) is 35.9 Å². The molecule has 1 unspecified atom stereocenters. The summed E-state index contributed by atoms with van der Waals surface area (Å²) in [4.78, 5) is 9.99. The third-order valence-corrected chi connectivity index (χ3v) is 5.83.